The molecule has 2 atom stereocenters. The predicted molar refractivity (Wildman–Crippen MR) is 159 cm³/mol. The van der Waals surface area contributed by atoms with E-state index in [0.717, 1.165) is 29.7 Å². The summed E-state index contributed by atoms with van der Waals surface area (Å²) < 4.78 is 1.76. The summed E-state index contributed by atoms with van der Waals surface area (Å²) in [4.78, 5) is 35.5. The first-order valence-electron chi connectivity index (χ1n) is 13.5. The van der Waals surface area contributed by atoms with Gasteiger partial charge in [0.25, 0.3) is 0 Å². The van der Waals surface area contributed by atoms with Crippen molar-refractivity contribution in [2.75, 3.05) is 6.54 Å². The molecule has 0 radical (unpaired) electrons. The van der Waals surface area contributed by atoms with E-state index in [4.69, 9.17) is 16.6 Å². The van der Waals surface area contributed by atoms with E-state index in [1.54, 1.807) is 65.9 Å². The van der Waals surface area contributed by atoms with Gasteiger partial charge in [-0.2, -0.15) is 0 Å². The topological polar surface area (TPSA) is 117 Å². The highest BCUT2D eigenvalue weighted by Crippen LogP contribution is 2.42. The Morgan fingerprint density at radius 2 is 1.81 bits per heavy atom. The number of hydrogen-bond acceptors (Lipinski definition) is 5. The van der Waals surface area contributed by atoms with Crippen molar-refractivity contribution in [2.24, 2.45) is 0 Å². The molecular weight excluding hydrogens is 552 g/mol. The molecule has 0 bridgehead atoms. The van der Waals surface area contributed by atoms with Gasteiger partial charge in [-0.15, -0.1) is 10.2 Å². The molecule has 210 valence electrons. The molecule has 3 aromatic carbocycles. The van der Waals surface area contributed by atoms with Crippen molar-refractivity contribution in [1.29, 1.82) is 0 Å². The lowest BCUT2D eigenvalue weighted by molar-refractivity contribution is -0.130. The normalized spacial score (nSPS) is 17.0. The van der Waals surface area contributed by atoms with Crippen molar-refractivity contribution in [1.82, 2.24) is 29.6 Å². The van der Waals surface area contributed by atoms with E-state index < -0.39 is 5.97 Å². The van der Waals surface area contributed by atoms with Crippen molar-refractivity contribution in [2.45, 2.75) is 24.8 Å². The summed E-state index contributed by atoms with van der Waals surface area (Å²) in [5, 5.41) is 17.8. The summed E-state index contributed by atoms with van der Waals surface area (Å²) >= 11 is 6.30. The van der Waals surface area contributed by atoms with Gasteiger partial charge in [0.2, 0.25) is 5.91 Å². The molecule has 1 amide bonds. The second kappa shape index (κ2) is 11.8. The van der Waals surface area contributed by atoms with Crippen LogP contribution in [0.15, 0.2) is 97.7 Å². The number of halogens is 1. The zero-order valence-corrected chi connectivity index (χ0v) is 23.2. The Kier molecular flexibility index (Phi) is 7.66. The minimum Gasteiger partial charge on any atom is -0.478 e. The minimum atomic E-state index is -1.00. The van der Waals surface area contributed by atoms with Crippen molar-refractivity contribution in [3.8, 4) is 16.9 Å². The lowest BCUT2D eigenvalue weighted by atomic mass is 9.83. The van der Waals surface area contributed by atoms with E-state index in [0.29, 0.717) is 28.6 Å². The number of aromatic nitrogens is 5. The fraction of sp³-hybridized carbons (Fsp3) is 0.156. The molecule has 1 saturated heterocycles. The van der Waals surface area contributed by atoms with Crippen LogP contribution in [0.4, 0.5) is 0 Å². The molecule has 0 aliphatic carbocycles. The van der Waals surface area contributed by atoms with Crippen molar-refractivity contribution < 1.29 is 14.7 Å². The number of imidazole rings is 1. The average Bonchev–Trinajstić information content (AvgIpc) is 3.73. The molecule has 1 aliphatic rings. The Bertz CT molecular complexity index is 1750. The lowest BCUT2D eigenvalue weighted by Gasteiger charge is -2.40. The third kappa shape index (κ3) is 5.59. The Labute approximate surface area is 247 Å². The number of hydrogen-bond donors (Lipinski definition) is 2. The van der Waals surface area contributed by atoms with Gasteiger partial charge in [-0.05, 0) is 54.8 Å². The number of amides is 1. The monoisotopic (exact) mass is 578 g/mol. The number of rotatable bonds is 7. The molecule has 2 N–H and O–H groups in total. The van der Waals surface area contributed by atoms with Crippen LogP contribution in [0.1, 0.15) is 52.1 Å². The number of benzene rings is 3. The number of nitrogens with zero attached hydrogens (tertiary/aromatic N) is 5. The molecule has 1 fully saturated rings. The first kappa shape index (κ1) is 27.2. The molecule has 5 aromatic rings. The van der Waals surface area contributed by atoms with Crippen molar-refractivity contribution >= 4 is 29.6 Å². The molecule has 0 spiro atoms. The molecule has 9 nitrogen and oxygen atoms in total. The summed E-state index contributed by atoms with van der Waals surface area (Å²) in [5.74, 6) is -0.490. The van der Waals surface area contributed by atoms with Crippen LogP contribution in [-0.4, -0.2) is 53.2 Å². The quantitative estimate of drug-likeness (QED) is 0.223. The van der Waals surface area contributed by atoms with E-state index in [1.165, 1.54) is 0 Å². The van der Waals surface area contributed by atoms with Gasteiger partial charge < -0.3 is 15.0 Å². The highest BCUT2D eigenvalue weighted by atomic mass is 35.5. The van der Waals surface area contributed by atoms with Crippen molar-refractivity contribution in [3.05, 3.63) is 125 Å². The summed E-state index contributed by atoms with van der Waals surface area (Å²) in [7, 11) is 0. The molecule has 1 aliphatic heterocycles. The van der Waals surface area contributed by atoms with Crippen LogP contribution < -0.4 is 0 Å². The van der Waals surface area contributed by atoms with Gasteiger partial charge in [-0.1, -0.05) is 54.1 Å². The molecule has 3 heterocycles. The maximum absolute atomic E-state index is 13.9. The molecule has 10 heteroatoms. The second-order valence-corrected chi connectivity index (χ2v) is 10.5. The van der Waals surface area contributed by atoms with E-state index in [2.05, 4.69) is 27.3 Å². The molecule has 2 aromatic heterocycles. The van der Waals surface area contributed by atoms with Crippen LogP contribution in [0.25, 0.3) is 23.0 Å². The zero-order chi connectivity index (χ0) is 29.1. The van der Waals surface area contributed by atoms with Crippen LogP contribution in [-0.2, 0) is 4.79 Å². The van der Waals surface area contributed by atoms with Crippen LogP contribution in [0.3, 0.4) is 0 Å². The number of aromatic amines is 1. The first-order chi connectivity index (χ1) is 20.5. The lowest BCUT2D eigenvalue weighted by Crippen LogP contribution is -2.41. The second-order valence-electron chi connectivity index (χ2n) is 10.1. The Balaban J connectivity index is 1.36. The zero-order valence-electron chi connectivity index (χ0n) is 22.5. The number of H-pyrrole nitrogens is 1. The van der Waals surface area contributed by atoms with E-state index in [1.807, 2.05) is 35.2 Å². The molecular formula is C32H27ClN6O3. The smallest absolute Gasteiger partial charge is 0.335 e. The van der Waals surface area contributed by atoms with Gasteiger partial charge in [-0.25, -0.2) is 9.78 Å². The summed E-state index contributed by atoms with van der Waals surface area (Å²) in [5.41, 5.74) is 4.16. The number of nitrogens with one attached hydrogen (secondary N) is 1. The van der Waals surface area contributed by atoms with Gasteiger partial charge in [0.15, 0.2) is 0 Å². The molecule has 0 saturated carbocycles. The van der Waals surface area contributed by atoms with Gasteiger partial charge in [0, 0.05) is 40.9 Å². The number of aromatic carboxylic acids is 1. The number of carbonyl (C=O) groups excluding carboxylic acids is 1. The Morgan fingerprint density at radius 3 is 2.60 bits per heavy atom. The SMILES string of the molecule is O=C(O)c1cccc(-c2c[nH]c([C@@H]3[C@H](c4ccccc4)CCCN3C(=O)/C=C/c3cc(Cl)ccc3-n3cnnc3)n2)c1. The number of piperidine rings is 1. The van der Waals surface area contributed by atoms with Crippen LogP contribution >= 0.6 is 11.6 Å². The Morgan fingerprint density at radius 1 is 1.00 bits per heavy atom. The number of carbonyl (C=O) groups is 2. The first-order valence-corrected chi connectivity index (χ1v) is 13.9. The number of carboxylic acids is 1. The van der Waals surface area contributed by atoms with Gasteiger partial charge >= 0.3 is 5.97 Å². The van der Waals surface area contributed by atoms with Gasteiger partial charge in [0.05, 0.1) is 23.0 Å². The summed E-state index contributed by atoms with van der Waals surface area (Å²) in [6.45, 7) is 0.565. The predicted octanol–water partition coefficient (Wildman–Crippen LogP) is 6.17. The van der Waals surface area contributed by atoms with E-state index >= 15 is 0 Å². The molecule has 42 heavy (non-hydrogen) atoms. The average molecular weight is 579 g/mol. The maximum atomic E-state index is 13.9. The number of carboxylic acid groups (broad SMARTS) is 1. The largest absolute Gasteiger partial charge is 0.478 e. The highest BCUT2D eigenvalue weighted by molar-refractivity contribution is 6.30. The third-order valence-corrected chi connectivity index (χ3v) is 7.75. The summed E-state index contributed by atoms with van der Waals surface area (Å²) in [6.07, 6.45) is 10.0. The van der Waals surface area contributed by atoms with Crippen LogP contribution in [0.2, 0.25) is 5.02 Å². The Hall–Kier alpha value is -5.02. The minimum absolute atomic E-state index is 0.0143. The van der Waals surface area contributed by atoms with Crippen LogP contribution in [0.5, 0.6) is 0 Å². The van der Waals surface area contributed by atoms with Gasteiger partial charge in [0.1, 0.15) is 18.5 Å². The number of likely N-dealkylation sites (tertiary alicyclic amines) is 1. The third-order valence-electron chi connectivity index (χ3n) is 7.52. The van der Waals surface area contributed by atoms with E-state index in [-0.39, 0.29) is 23.4 Å². The molecule has 0 unspecified atom stereocenters. The summed E-state index contributed by atoms with van der Waals surface area (Å²) in [6, 6.07) is 21.9. The fourth-order valence-corrected chi connectivity index (χ4v) is 5.73. The maximum Gasteiger partial charge on any atom is 0.335 e. The van der Waals surface area contributed by atoms with Crippen LogP contribution in [0, 0.1) is 0 Å². The highest BCUT2D eigenvalue weighted by Gasteiger charge is 2.37. The standard InChI is InChI=1S/C32H27ClN6O3/c33-25-12-13-28(38-19-35-36-20-38)23(17-25)11-14-29(40)39-15-5-10-26(21-6-2-1-3-7-21)30(39)31-34-18-27(37-31)22-8-4-9-24(16-22)32(41)42/h1-4,6-9,11-14,16-20,26,30H,5,10,15H2,(H,34,37)(H,41,42)/b14-11+/t26-,30-/m0/s1. The van der Waals surface area contributed by atoms with Gasteiger partial charge in [-0.3, -0.25) is 9.36 Å². The van der Waals surface area contributed by atoms with E-state index in [9.17, 15) is 14.7 Å². The fourth-order valence-electron chi connectivity index (χ4n) is 5.55. The molecule has 6 rings (SSSR count). The van der Waals surface area contributed by atoms with Crippen molar-refractivity contribution in [3.63, 3.8) is 0 Å².